The summed E-state index contributed by atoms with van der Waals surface area (Å²) >= 11 is 0. The van der Waals surface area contributed by atoms with E-state index in [1.54, 1.807) is 0 Å². The fourth-order valence-corrected chi connectivity index (χ4v) is 5.02. The van der Waals surface area contributed by atoms with Crippen molar-refractivity contribution in [2.45, 2.75) is 71.5 Å². The molecular weight excluding hydrogens is 258 g/mol. The Morgan fingerprint density at radius 3 is 2.62 bits per heavy atom. The largest absolute Gasteiger partial charge is 0.313 e. The summed E-state index contributed by atoms with van der Waals surface area (Å²) in [6, 6.07) is 2.17. The van der Waals surface area contributed by atoms with Crippen LogP contribution in [0.3, 0.4) is 0 Å². The highest BCUT2D eigenvalue weighted by Gasteiger charge is 2.37. The molecule has 5 atom stereocenters. The van der Waals surface area contributed by atoms with Crippen LogP contribution in [0, 0.1) is 11.8 Å². The molecule has 0 bridgehead atoms. The van der Waals surface area contributed by atoms with E-state index < -0.39 is 0 Å². The maximum Gasteiger partial charge on any atom is 0.0272 e. The SMILES string of the molecule is CCNC1CC(C)CC(C)C1N(C)CC1CCCN1CC. The van der Waals surface area contributed by atoms with Gasteiger partial charge in [0.25, 0.3) is 0 Å². The lowest BCUT2D eigenvalue weighted by Crippen LogP contribution is -2.57. The Morgan fingerprint density at radius 1 is 1.19 bits per heavy atom. The first-order chi connectivity index (χ1) is 10.1. The smallest absolute Gasteiger partial charge is 0.0272 e. The van der Waals surface area contributed by atoms with Gasteiger partial charge in [0.05, 0.1) is 0 Å². The van der Waals surface area contributed by atoms with Crippen LogP contribution in [-0.4, -0.2) is 61.2 Å². The Labute approximate surface area is 132 Å². The van der Waals surface area contributed by atoms with Gasteiger partial charge in [-0.1, -0.05) is 27.7 Å². The van der Waals surface area contributed by atoms with Crippen LogP contribution >= 0.6 is 0 Å². The van der Waals surface area contributed by atoms with E-state index in [1.165, 1.54) is 45.3 Å². The summed E-state index contributed by atoms with van der Waals surface area (Å²) in [5.74, 6) is 1.67. The van der Waals surface area contributed by atoms with Gasteiger partial charge in [-0.05, 0) is 64.2 Å². The second-order valence-corrected chi connectivity index (χ2v) is 7.57. The van der Waals surface area contributed by atoms with E-state index in [2.05, 4.69) is 49.9 Å². The van der Waals surface area contributed by atoms with Crippen LogP contribution in [0.2, 0.25) is 0 Å². The van der Waals surface area contributed by atoms with Gasteiger partial charge in [0.15, 0.2) is 0 Å². The van der Waals surface area contributed by atoms with Gasteiger partial charge in [-0.2, -0.15) is 0 Å². The van der Waals surface area contributed by atoms with Crippen LogP contribution in [0.25, 0.3) is 0 Å². The number of likely N-dealkylation sites (tertiary alicyclic amines) is 1. The first-order valence-electron chi connectivity index (χ1n) is 9.24. The van der Waals surface area contributed by atoms with Crippen molar-refractivity contribution < 1.29 is 0 Å². The molecule has 0 aromatic rings. The zero-order valence-electron chi connectivity index (χ0n) is 14.9. The molecule has 2 fully saturated rings. The second-order valence-electron chi connectivity index (χ2n) is 7.57. The highest BCUT2D eigenvalue weighted by molar-refractivity contribution is 4.94. The van der Waals surface area contributed by atoms with E-state index in [4.69, 9.17) is 0 Å². The molecule has 1 aliphatic carbocycles. The molecule has 3 nitrogen and oxygen atoms in total. The number of nitrogens with one attached hydrogen (secondary N) is 1. The molecule has 21 heavy (non-hydrogen) atoms. The Morgan fingerprint density at radius 2 is 1.95 bits per heavy atom. The Balaban J connectivity index is 1.98. The summed E-state index contributed by atoms with van der Waals surface area (Å²) in [4.78, 5) is 5.36. The maximum atomic E-state index is 3.77. The summed E-state index contributed by atoms with van der Waals surface area (Å²) in [6.07, 6.45) is 5.51. The van der Waals surface area contributed by atoms with Crippen LogP contribution in [-0.2, 0) is 0 Å². The van der Waals surface area contributed by atoms with Crippen molar-refractivity contribution in [1.29, 1.82) is 0 Å². The number of rotatable bonds is 6. The standard InChI is InChI=1S/C18H37N3/c1-6-19-17-12-14(3)11-15(4)18(17)20(5)13-16-9-8-10-21(16)7-2/h14-19H,6-13H2,1-5H3. The Hall–Kier alpha value is -0.120. The topological polar surface area (TPSA) is 18.5 Å². The molecule has 1 N–H and O–H groups in total. The number of hydrogen-bond acceptors (Lipinski definition) is 3. The van der Waals surface area contributed by atoms with Crippen molar-refractivity contribution in [3.8, 4) is 0 Å². The van der Waals surface area contributed by atoms with Crippen LogP contribution in [0.1, 0.15) is 53.4 Å². The monoisotopic (exact) mass is 295 g/mol. The zero-order valence-corrected chi connectivity index (χ0v) is 14.9. The van der Waals surface area contributed by atoms with Crippen molar-refractivity contribution in [3.05, 3.63) is 0 Å². The van der Waals surface area contributed by atoms with E-state index in [-0.39, 0.29) is 0 Å². The fourth-order valence-electron chi connectivity index (χ4n) is 5.02. The van der Waals surface area contributed by atoms with Crippen molar-refractivity contribution in [1.82, 2.24) is 15.1 Å². The molecular formula is C18H37N3. The summed E-state index contributed by atoms with van der Waals surface area (Å²) in [5, 5.41) is 3.77. The molecule has 0 aromatic heterocycles. The van der Waals surface area contributed by atoms with Crippen molar-refractivity contribution in [2.24, 2.45) is 11.8 Å². The van der Waals surface area contributed by atoms with Gasteiger partial charge in [-0.25, -0.2) is 0 Å². The normalized spacial score (nSPS) is 38.3. The summed E-state index contributed by atoms with van der Waals surface area (Å²) in [5.41, 5.74) is 0. The van der Waals surface area contributed by atoms with Gasteiger partial charge >= 0.3 is 0 Å². The molecule has 2 aliphatic rings. The lowest BCUT2D eigenvalue weighted by molar-refractivity contribution is 0.0628. The van der Waals surface area contributed by atoms with Gasteiger partial charge in [0.1, 0.15) is 0 Å². The van der Waals surface area contributed by atoms with Gasteiger partial charge in [-0.15, -0.1) is 0 Å². The summed E-state index contributed by atoms with van der Waals surface area (Å²) in [7, 11) is 2.37. The average molecular weight is 296 g/mol. The lowest BCUT2D eigenvalue weighted by Gasteiger charge is -2.46. The highest BCUT2D eigenvalue weighted by Crippen LogP contribution is 2.32. The first-order valence-corrected chi connectivity index (χ1v) is 9.24. The Kier molecular flexibility index (Phi) is 6.51. The number of nitrogens with zero attached hydrogens (tertiary/aromatic N) is 2. The molecule has 3 heteroatoms. The van der Waals surface area contributed by atoms with E-state index in [0.717, 1.165) is 24.4 Å². The molecule has 1 aliphatic heterocycles. The molecule has 0 amide bonds. The Bertz CT molecular complexity index is 307. The molecule has 1 heterocycles. The predicted molar refractivity (Wildman–Crippen MR) is 91.7 cm³/mol. The fraction of sp³-hybridized carbons (Fsp3) is 1.00. The molecule has 0 radical (unpaired) electrons. The van der Waals surface area contributed by atoms with Gasteiger partial charge in [0, 0.05) is 24.7 Å². The average Bonchev–Trinajstić information content (AvgIpc) is 2.85. The molecule has 1 saturated heterocycles. The van der Waals surface area contributed by atoms with E-state index >= 15 is 0 Å². The summed E-state index contributed by atoms with van der Waals surface area (Å²) < 4.78 is 0. The minimum Gasteiger partial charge on any atom is -0.313 e. The number of hydrogen-bond donors (Lipinski definition) is 1. The lowest BCUT2D eigenvalue weighted by atomic mass is 9.76. The minimum atomic E-state index is 0.676. The first kappa shape index (κ1) is 17.2. The quantitative estimate of drug-likeness (QED) is 0.813. The van der Waals surface area contributed by atoms with Crippen LogP contribution in [0.4, 0.5) is 0 Å². The molecule has 124 valence electrons. The van der Waals surface area contributed by atoms with Crippen LogP contribution in [0.15, 0.2) is 0 Å². The van der Waals surface area contributed by atoms with Crippen LogP contribution < -0.4 is 5.32 Å². The molecule has 5 unspecified atom stereocenters. The predicted octanol–water partition coefficient (Wildman–Crippen LogP) is 2.82. The van der Waals surface area contributed by atoms with Crippen LogP contribution in [0.5, 0.6) is 0 Å². The van der Waals surface area contributed by atoms with Crippen molar-refractivity contribution in [2.75, 3.05) is 33.2 Å². The van der Waals surface area contributed by atoms with Gasteiger partial charge < -0.3 is 10.2 Å². The third kappa shape index (κ3) is 4.20. The van der Waals surface area contributed by atoms with Gasteiger partial charge in [-0.3, -0.25) is 4.90 Å². The molecule has 1 saturated carbocycles. The number of likely N-dealkylation sites (N-methyl/N-ethyl adjacent to an activating group) is 3. The van der Waals surface area contributed by atoms with Crippen molar-refractivity contribution in [3.63, 3.8) is 0 Å². The summed E-state index contributed by atoms with van der Waals surface area (Å²) in [6.45, 7) is 14.3. The second kappa shape index (κ2) is 7.94. The molecule has 0 aromatic carbocycles. The minimum absolute atomic E-state index is 0.676. The third-order valence-corrected chi connectivity index (χ3v) is 5.80. The van der Waals surface area contributed by atoms with Crippen molar-refractivity contribution >= 4 is 0 Å². The molecule has 2 rings (SSSR count). The van der Waals surface area contributed by atoms with E-state index in [1.807, 2.05) is 0 Å². The van der Waals surface area contributed by atoms with Gasteiger partial charge in [0.2, 0.25) is 0 Å². The van der Waals surface area contributed by atoms with E-state index in [9.17, 15) is 0 Å². The molecule has 0 spiro atoms. The highest BCUT2D eigenvalue weighted by atomic mass is 15.2. The zero-order chi connectivity index (χ0) is 15.4. The van der Waals surface area contributed by atoms with E-state index in [0.29, 0.717) is 12.1 Å². The third-order valence-electron chi connectivity index (χ3n) is 5.80. The maximum absolute atomic E-state index is 3.77.